The van der Waals surface area contributed by atoms with Crippen LogP contribution in [-0.2, 0) is 4.74 Å². The SMILES string of the molecule is C[N+](C)(C)C(=O)OCCO. The molecule has 60 valence electrons. The van der Waals surface area contributed by atoms with Gasteiger partial charge in [-0.05, 0) is 0 Å². The molecule has 0 heterocycles. The number of carbonyl (C=O) groups excluding carboxylic acids is 1. The highest BCUT2D eigenvalue weighted by atomic mass is 16.6. The molecule has 4 nitrogen and oxygen atoms in total. The highest BCUT2D eigenvalue weighted by Gasteiger charge is 2.21. The van der Waals surface area contributed by atoms with Crippen LogP contribution in [0.1, 0.15) is 0 Å². The zero-order chi connectivity index (χ0) is 8.20. The quantitative estimate of drug-likeness (QED) is 0.553. The fourth-order valence-electron chi connectivity index (χ4n) is 0.327. The summed E-state index contributed by atoms with van der Waals surface area (Å²) < 4.78 is 4.76. The Hall–Kier alpha value is -0.610. The number of nitrogens with zero attached hydrogens (tertiary/aromatic N) is 1. The second kappa shape index (κ2) is 3.53. The molecule has 0 atom stereocenters. The van der Waals surface area contributed by atoms with Gasteiger partial charge in [-0.1, -0.05) is 0 Å². The predicted octanol–water partition coefficient (Wildman–Crippen LogP) is -0.179. The Balaban J connectivity index is 3.64. The summed E-state index contributed by atoms with van der Waals surface area (Å²) in [5, 5.41) is 8.30. The summed E-state index contributed by atoms with van der Waals surface area (Å²) in [5.41, 5.74) is 0. The fraction of sp³-hybridized carbons (Fsp3) is 0.833. The van der Waals surface area contributed by atoms with Crippen molar-refractivity contribution in [2.75, 3.05) is 34.4 Å². The minimum atomic E-state index is -0.339. The maximum absolute atomic E-state index is 10.9. The van der Waals surface area contributed by atoms with E-state index in [2.05, 4.69) is 4.74 Å². The van der Waals surface area contributed by atoms with E-state index in [-0.39, 0.29) is 23.8 Å². The summed E-state index contributed by atoms with van der Waals surface area (Å²) in [7, 11) is 5.12. The Morgan fingerprint density at radius 2 is 2.00 bits per heavy atom. The summed E-state index contributed by atoms with van der Waals surface area (Å²) >= 11 is 0. The van der Waals surface area contributed by atoms with Crippen LogP contribution in [-0.4, -0.2) is 50.0 Å². The number of amides is 1. The number of quaternary nitrogens is 1. The van der Waals surface area contributed by atoms with Gasteiger partial charge in [0.15, 0.2) is 0 Å². The lowest BCUT2D eigenvalue weighted by Crippen LogP contribution is -2.41. The number of ether oxygens (including phenoxy) is 1. The lowest BCUT2D eigenvalue weighted by atomic mass is 10.7. The molecule has 0 bridgehead atoms. The molecule has 0 aromatic carbocycles. The van der Waals surface area contributed by atoms with Gasteiger partial charge in [0.25, 0.3) is 0 Å². The number of aliphatic hydroxyl groups excluding tert-OH is 1. The standard InChI is InChI=1S/C6H14NO3/c1-7(2,3)6(9)10-5-4-8/h8H,4-5H2,1-3H3/q+1. The van der Waals surface area contributed by atoms with Gasteiger partial charge in [-0.2, -0.15) is 4.79 Å². The fourth-order valence-corrected chi connectivity index (χ4v) is 0.327. The first-order chi connectivity index (χ1) is 4.48. The van der Waals surface area contributed by atoms with E-state index in [4.69, 9.17) is 5.11 Å². The molecule has 0 aliphatic heterocycles. The van der Waals surface area contributed by atoms with Crippen LogP contribution in [0.25, 0.3) is 0 Å². The van der Waals surface area contributed by atoms with E-state index in [1.54, 1.807) is 21.1 Å². The second-order valence-electron chi connectivity index (χ2n) is 2.85. The Bertz CT molecular complexity index is 117. The Kier molecular flexibility index (Phi) is 3.32. The van der Waals surface area contributed by atoms with Crippen molar-refractivity contribution in [1.82, 2.24) is 0 Å². The normalized spacial score (nSPS) is 11.2. The largest absolute Gasteiger partial charge is 0.515 e. The first-order valence-electron chi connectivity index (χ1n) is 3.08. The molecule has 0 saturated carbocycles. The van der Waals surface area contributed by atoms with Crippen LogP contribution in [0.3, 0.4) is 0 Å². The average molecular weight is 148 g/mol. The number of carbonyl (C=O) groups is 1. The third-order valence-electron chi connectivity index (χ3n) is 0.865. The van der Waals surface area contributed by atoms with E-state index in [9.17, 15) is 4.79 Å². The molecule has 0 fully saturated rings. The predicted molar refractivity (Wildman–Crippen MR) is 36.5 cm³/mol. The lowest BCUT2D eigenvalue weighted by Gasteiger charge is -2.18. The van der Waals surface area contributed by atoms with Gasteiger partial charge in [-0.25, -0.2) is 4.48 Å². The number of aliphatic hydroxyl groups is 1. The van der Waals surface area contributed by atoms with Crippen LogP contribution in [0, 0.1) is 0 Å². The van der Waals surface area contributed by atoms with Crippen LogP contribution in [0.5, 0.6) is 0 Å². The van der Waals surface area contributed by atoms with E-state index >= 15 is 0 Å². The van der Waals surface area contributed by atoms with Crippen LogP contribution in [0.4, 0.5) is 4.79 Å². The molecule has 1 N–H and O–H groups in total. The molecule has 0 rings (SSSR count). The van der Waals surface area contributed by atoms with Gasteiger partial charge in [0.05, 0.1) is 27.7 Å². The monoisotopic (exact) mass is 148 g/mol. The number of hydrogen-bond acceptors (Lipinski definition) is 3. The van der Waals surface area contributed by atoms with Gasteiger partial charge in [0, 0.05) is 0 Å². The molecular weight excluding hydrogens is 134 g/mol. The molecule has 0 aliphatic rings. The van der Waals surface area contributed by atoms with Gasteiger partial charge in [0.2, 0.25) is 0 Å². The summed E-state index contributed by atoms with van der Waals surface area (Å²) in [6.45, 7) is -0.0416. The van der Waals surface area contributed by atoms with Gasteiger partial charge >= 0.3 is 6.09 Å². The molecule has 0 aromatic heterocycles. The highest BCUT2D eigenvalue weighted by Crippen LogP contribution is 1.94. The smallest absolute Gasteiger partial charge is 0.418 e. The van der Waals surface area contributed by atoms with Crippen LogP contribution < -0.4 is 0 Å². The molecule has 10 heavy (non-hydrogen) atoms. The van der Waals surface area contributed by atoms with Crippen molar-refractivity contribution in [1.29, 1.82) is 0 Å². The molecule has 0 aliphatic carbocycles. The van der Waals surface area contributed by atoms with Crippen molar-refractivity contribution in [2.24, 2.45) is 0 Å². The summed E-state index contributed by atoms with van der Waals surface area (Å²) in [6, 6.07) is 0. The van der Waals surface area contributed by atoms with E-state index in [1.807, 2.05) is 0 Å². The maximum Gasteiger partial charge on any atom is 0.515 e. The van der Waals surface area contributed by atoms with Crippen molar-refractivity contribution in [3.63, 3.8) is 0 Å². The minimum Gasteiger partial charge on any atom is -0.418 e. The third kappa shape index (κ3) is 3.42. The van der Waals surface area contributed by atoms with Crippen LogP contribution in [0.15, 0.2) is 0 Å². The zero-order valence-electron chi connectivity index (χ0n) is 6.63. The number of hydrogen-bond donors (Lipinski definition) is 1. The topological polar surface area (TPSA) is 46.5 Å². The molecular formula is C6H14NO3+. The van der Waals surface area contributed by atoms with Gasteiger partial charge in [0.1, 0.15) is 6.61 Å². The molecule has 1 amide bonds. The first-order valence-corrected chi connectivity index (χ1v) is 3.08. The highest BCUT2D eigenvalue weighted by molar-refractivity contribution is 5.58. The lowest BCUT2D eigenvalue weighted by molar-refractivity contribution is -0.795. The molecule has 0 spiro atoms. The van der Waals surface area contributed by atoms with Crippen molar-refractivity contribution >= 4 is 6.09 Å². The van der Waals surface area contributed by atoms with E-state index in [1.165, 1.54) is 0 Å². The van der Waals surface area contributed by atoms with Crippen molar-refractivity contribution in [3.8, 4) is 0 Å². The van der Waals surface area contributed by atoms with E-state index < -0.39 is 0 Å². The molecule has 0 aromatic rings. The maximum atomic E-state index is 10.9. The van der Waals surface area contributed by atoms with Crippen LogP contribution in [0.2, 0.25) is 0 Å². The Morgan fingerprint density at radius 3 is 2.30 bits per heavy atom. The summed E-state index contributed by atoms with van der Waals surface area (Å²) in [5.74, 6) is 0. The van der Waals surface area contributed by atoms with Crippen LogP contribution >= 0.6 is 0 Å². The van der Waals surface area contributed by atoms with Crippen molar-refractivity contribution < 1.29 is 19.1 Å². The van der Waals surface area contributed by atoms with Gasteiger partial charge in [-0.15, -0.1) is 0 Å². The number of rotatable bonds is 2. The van der Waals surface area contributed by atoms with E-state index in [0.29, 0.717) is 0 Å². The zero-order valence-corrected chi connectivity index (χ0v) is 6.63. The third-order valence-corrected chi connectivity index (χ3v) is 0.865. The first kappa shape index (κ1) is 9.39. The van der Waals surface area contributed by atoms with Crippen molar-refractivity contribution in [3.05, 3.63) is 0 Å². The molecule has 0 unspecified atom stereocenters. The van der Waals surface area contributed by atoms with Crippen molar-refractivity contribution in [2.45, 2.75) is 0 Å². The molecule has 0 saturated heterocycles. The van der Waals surface area contributed by atoms with Gasteiger partial charge in [-0.3, -0.25) is 0 Å². The Morgan fingerprint density at radius 1 is 1.50 bits per heavy atom. The molecule has 4 heteroatoms. The molecule has 0 radical (unpaired) electrons. The summed E-state index contributed by atoms with van der Waals surface area (Å²) in [6.07, 6.45) is -0.339. The minimum absolute atomic E-state index is 0.0777. The van der Waals surface area contributed by atoms with Gasteiger partial charge < -0.3 is 9.84 Å². The Labute approximate surface area is 60.6 Å². The van der Waals surface area contributed by atoms with E-state index in [0.717, 1.165) is 0 Å². The second-order valence-corrected chi connectivity index (χ2v) is 2.85. The average Bonchev–Trinajstić information content (AvgIpc) is 1.80. The summed E-state index contributed by atoms with van der Waals surface area (Å²) in [4.78, 5) is 10.9.